The third-order valence-electron chi connectivity index (χ3n) is 3.65. The van der Waals surface area contributed by atoms with E-state index in [2.05, 4.69) is 21.5 Å². The number of rotatable bonds is 4. The fourth-order valence-corrected chi connectivity index (χ4v) is 2.37. The monoisotopic (exact) mass is 317 g/mol. The average molecular weight is 317 g/mol. The molecule has 0 unspecified atom stereocenters. The summed E-state index contributed by atoms with van der Waals surface area (Å²) in [5.74, 6) is -0.188. The predicted octanol–water partition coefficient (Wildman–Crippen LogP) is 2.63. The van der Waals surface area contributed by atoms with Gasteiger partial charge in [0.25, 0.3) is 5.91 Å². The lowest BCUT2D eigenvalue weighted by atomic mass is 10.1. The van der Waals surface area contributed by atoms with Gasteiger partial charge in [0, 0.05) is 5.56 Å². The van der Waals surface area contributed by atoms with E-state index < -0.39 is 0 Å². The molecule has 24 heavy (non-hydrogen) atoms. The van der Waals surface area contributed by atoms with E-state index in [1.54, 1.807) is 41.3 Å². The predicted molar refractivity (Wildman–Crippen MR) is 88.4 cm³/mol. The number of carbonyl (C=O) groups excluding carboxylic acids is 1. The van der Waals surface area contributed by atoms with Gasteiger partial charge in [-0.1, -0.05) is 18.2 Å². The molecule has 3 rings (SSSR count). The molecule has 0 aliphatic heterocycles. The summed E-state index contributed by atoms with van der Waals surface area (Å²) >= 11 is 0. The Labute approximate surface area is 139 Å². The van der Waals surface area contributed by atoms with Gasteiger partial charge in [-0.15, -0.1) is 0 Å². The van der Waals surface area contributed by atoms with E-state index >= 15 is 0 Å². The van der Waals surface area contributed by atoms with E-state index in [1.807, 2.05) is 25.1 Å². The normalized spacial score (nSPS) is 11.5. The fourth-order valence-electron chi connectivity index (χ4n) is 2.37. The van der Waals surface area contributed by atoms with Crippen molar-refractivity contribution in [1.29, 1.82) is 5.26 Å². The summed E-state index contributed by atoms with van der Waals surface area (Å²) in [6.07, 6.45) is 3.02. The first-order valence-corrected chi connectivity index (χ1v) is 7.43. The zero-order valence-corrected chi connectivity index (χ0v) is 13.0. The molecule has 0 fully saturated rings. The van der Waals surface area contributed by atoms with Crippen LogP contribution in [0.2, 0.25) is 0 Å². The molecule has 0 saturated carbocycles. The van der Waals surface area contributed by atoms with Gasteiger partial charge >= 0.3 is 0 Å². The highest BCUT2D eigenvalue weighted by Crippen LogP contribution is 2.15. The quantitative estimate of drug-likeness (QED) is 0.801. The Kier molecular flexibility index (Phi) is 4.34. The Balaban J connectivity index is 1.77. The number of amides is 1. The lowest BCUT2D eigenvalue weighted by Crippen LogP contribution is -2.26. The molecule has 118 valence electrons. The Morgan fingerprint density at radius 2 is 2.08 bits per heavy atom. The number of nitrogens with zero attached hydrogens (tertiary/aromatic N) is 4. The zero-order chi connectivity index (χ0) is 16.9. The largest absolute Gasteiger partial charge is 0.346 e. The Morgan fingerprint density at radius 3 is 2.83 bits per heavy atom. The van der Waals surface area contributed by atoms with Crippen LogP contribution in [0.4, 0.5) is 0 Å². The van der Waals surface area contributed by atoms with Crippen LogP contribution in [-0.2, 0) is 0 Å². The van der Waals surface area contributed by atoms with Crippen LogP contribution in [-0.4, -0.2) is 20.7 Å². The van der Waals surface area contributed by atoms with Crippen LogP contribution in [0.3, 0.4) is 0 Å². The van der Waals surface area contributed by atoms with Crippen LogP contribution in [0.1, 0.15) is 34.5 Å². The maximum atomic E-state index is 12.5. The van der Waals surface area contributed by atoms with E-state index in [-0.39, 0.29) is 11.9 Å². The molecular formula is C18H15N5O. The SMILES string of the molecule is C[C@@H](NC(=O)c1cccc(-n2cncn2)c1)c1cccc(C#N)c1. The van der Waals surface area contributed by atoms with Crippen LogP contribution < -0.4 is 5.32 Å². The summed E-state index contributed by atoms with van der Waals surface area (Å²) < 4.78 is 1.59. The molecule has 2 aromatic carbocycles. The number of hydrogen-bond donors (Lipinski definition) is 1. The van der Waals surface area contributed by atoms with Crippen molar-refractivity contribution in [1.82, 2.24) is 20.1 Å². The van der Waals surface area contributed by atoms with E-state index in [0.29, 0.717) is 11.1 Å². The minimum absolute atomic E-state index is 0.188. The molecule has 6 nitrogen and oxygen atoms in total. The highest BCUT2D eigenvalue weighted by atomic mass is 16.1. The van der Waals surface area contributed by atoms with E-state index in [9.17, 15) is 4.79 Å². The van der Waals surface area contributed by atoms with Gasteiger partial charge in [-0.2, -0.15) is 10.4 Å². The molecular weight excluding hydrogens is 302 g/mol. The first-order valence-electron chi connectivity index (χ1n) is 7.43. The summed E-state index contributed by atoms with van der Waals surface area (Å²) in [6.45, 7) is 1.88. The molecule has 0 bridgehead atoms. The first kappa shape index (κ1) is 15.4. The van der Waals surface area contributed by atoms with Gasteiger partial charge in [0.15, 0.2) is 0 Å². The molecule has 0 spiro atoms. The van der Waals surface area contributed by atoms with Gasteiger partial charge in [0.2, 0.25) is 0 Å². The summed E-state index contributed by atoms with van der Waals surface area (Å²) in [6, 6.07) is 16.2. The molecule has 1 N–H and O–H groups in total. The molecule has 0 radical (unpaired) electrons. The van der Waals surface area contributed by atoms with Crippen molar-refractivity contribution in [2.24, 2.45) is 0 Å². The standard InChI is InChI=1S/C18H15N5O/c1-13(15-5-2-4-14(8-15)10-19)22-18(24)16-6-3-7-17(9-16)23-12-20-11-21-23/h2-9,11-13H,1H3,(H,22,24)/t13-/m1/s1. The van der Waals surface area contributed by atoms with Gasteiger partial charge in [-0.25, -0.2) is 9.67 Å². The fraction of sp³-hybridized carbons (Fsp3) is 0.111. The van der Waals surface area contributed by atoms with Crippen molar-refractivity contribution >= 4 is 5.91 Å². The van der Waals surface area contributed by atoms with Crippen molar-refractivity contribution in [2.75, 3.05) is 0 Å². The molecule has 1 amide bonds. The number of carbonyl (C=O) groups is 1. The second kappa shape index (κ2) is 6.75. The number of aromatic nitrogens is 3. The minimum atomic E-state index is -0.208. The number of nitriles is 1. The second-order valence-corrected chi connectivity index (χ2v) is 5.32. The van der Waals surface area contributed by atoms with E-state index in [4.69, 9.17) is 5.26 Å². The molecule has 0 aliphatic rings. The smallest absolute Gasteiger partial charge is 0.251 e. The Bertz CT molecular complexity index is 896. The molecule has 1 atom stereocenters. The van der Waals surface area contributed by atoms with Crippen LogP contribution >= 0.6 is 0 Å². The van der Waals surface area contributed by atoms with E-state index in [1.165, 1.54) is 6.33 Å². The molecule has 3 aromatic rings. The van der Waals surface area contributed by atoms with Crippen LogP contribution in [0.5, 0.6) is 0 Å². The second-order valence-electron chi connectivity index (χ2n) is 5.32. The molecule has 0 aliphatic carbocycles. The third-order valence-corrected chi connectivity index (χ3v) is 3.65. The van der Waals surface area contributed by atoms with Crippen molar-refractivity contribution in [3.05, 3.63) is 77.9 Å². The van der Waals surface area contributed by atoms with Crippen LogP contribution in [0.25, 0.3) is 5.69 Å². The first-order chi connectivity index (χ1) is 11.7. The molecule has 1 heterocycles. The number of hydrogen-bond acceptors (Lipinski definition) is 4. The van der Waals surface area contributed by atoms with Gasteiger partial charge in [-0.05, 0) is 42.8 Å². The minimum Gasteiger partial charge on any atom is -0.346 e. The highest BCUT2D eigenvalue weighted by molar-refractivity contribution is 5.95. The zero-order valence-electron chi connectivity index (χ0n) is 13.0. The summed E-state index contributed by atoms with van der Waals surface area (Å²) in [5.41, 5.74) is 2.75. The molecule has 0 saturated heterocycles. The summed E-state index contributed by atoms with van der Waals surface area (Å²) in [4.78, 5) is 16.4. The third kappa shape index (κ3) is 3.31. The Morgan fingerprint density at radius 1 is 1.25 bits per heavy atom. The molecule has 1 aromatic heterocycles. The number of benzene rings is 2. The lowest BCUT2D eigenvalue weighted by molar-refractivity contribution is 0.0940. The maximum absolute atomic E-state index is 12.5. The van der Waals surface area contributed by atoms with Gasteiger partial charge < -0.3 is 5.32 Å². The lowest BCUT2D eigenvalue weighted by Gasteiger charge is -2.15. The average Bonchev–Trinajstić information content (AvgIpc) is 3.16. The van der Waals surface area contributed by atoms with Crippen LogP contribution in [0, 0.1) is 11.3 Å². The topological polar surface area (TPSA) is 83.6 Å². The maximum Gasteiger partial charge on any atom is 0.251 e. The van der Waals surface area contributed by atoms with Gasteiger partial charge in [0.1, 0.15) is 12.7 Å². The number of nitrogens with one attached hydrogen (secondary N) is 1. The van der Waals surface area contributed by atoms with Gasteiger partial charge in [-0.3, -0.25) is 4.79 Å². The Hall–Kier alpha value is -3.46. The molecule has 6 heteroatoms. The summed E-state index contributed by atoms with van der Waals surface area (Å²) in [5, 5.41) is 16.0. The van der Waals surface area contributed by atoms with Crippen molar-refractivity contribution in [3.63, 3.8) is 0 Å². The van der Waals surface area contributed by atoms with Crippen molar-refractivity contribution in [3.8, 4) is 11.8 Å². The summed E-state index contributed by atoms with van der Waals surface area (Å²) in [7, 11) is 0. The van der Waals surface area contributed by atoms with E-state index in [0.717, 1.165) is 11.3 Å². The highest BCUT2D eigenvalue weighted by Gasteiger charge is 2.12. The van der Waals surface area contributed by atoms with Gasteiger partial charge in [0.05, 0.1) is 23.4 Å². The van der Waals surface area contributed by atoms with Crippen LogP contribution in [0.15, 0.2) is 61.2 Å². The van der Waals surface area contributed by atoms with Crippen molar-refractivity contribution in [2.45, 2.75) is 13.0 Å². The van der Waals surface area contributed by atoms with Crippen molar-refractivity contribution < 1.29 is 4.79 Å².